The van der Waals surface area contributed by atoms with Gasteiger partial charge in [-0.25, -0.2) is 4.79 Å². The van der Waals surface area contributed by atoms with E-state index < -0.39 is 0 Å². The Hall–Kier alpha value is -1.32. The van der Waals surface area contributed by atoms with Crippen molar-refractivity contribution < 1.29 is 14.3 Å². The van der Waals surface area contributed by atoms with Gasteiger partial charge in [-0.1, -0.05) is 61.0 Å². The molecule has 0 aromatic heterocycles. The molecule has 8 atom stereocenters. The van der Waals surface area contributed by atoms with E-state index >= 15 is 0 Å². The minimum atomic E-state index is -0.281. The largest absolute Gasteiger partial charge is 0.453 e. The van der Waals surface area contributed by atoms with E-state index in [-0.39, 0.29) is 39.2 Å². The highest BCUT2D eigenvalue weighted by Gasteiger charge is 2.70. The van der Waals surface area contributed by atoms with Gasteiger partial charge in [0.05, 0.1) is 7.11 Å². The topological polar surface area (TPSA) is 55.4 Å². The molecule has 0 aromatic rings. The molecule has 0 saturated heterocycles. The number of rotatable bonds is 2. The van der Waals surface area contributed by atoms with Crippen LogP contribution >= 0.6 is 0 Å². The highest BCUT2D eigenvalue weighted by atomic mass is 16.5. The van der Waals surface area contributed by atoms with E-state index in [9.17, 15) is 9.59 Å². The average Bonchev–Trinajstić information content (AvgIpc) is 3.06. The van der Waals surface area contributed by atoms with E-state index in [1.165, 1.54) is 44.8 Å². The number of carbonyl (C=O) groups excluding carboxylic acids is 2. The quantitative estimate of drug-likeness (QED) is 0.425. The summed E-state index contributed by atoms with van der Waals surface area (Å²) < 4.78 is 5.11. The number of hydrogen-bond acceptors (Lipinski definition) is 3. The van der Waals surface area contributed by atoms with E-state index in [2.05, 4.69) is 60.7 Å². The average molecular weight is 498 g/mol. The van der Waals surface area contributed by atoms with E-state index in [4.69, 9.17) is 4.74 Å². The van der Waals surface area contributed by atoms with Crippen LogP contribution in [0.1, 0.15) is 113 Å². The molecule has 0 bridgehead atoms. The predicted octanol–water partition coefficient (Wildman–Crippen LogP) is 7.71. The zero-order chi connectivity index (χ0) is 26.5. The number of ketones is 1. The molecule has 0 heterocycles. The second-order valence-corrected chi connectivity index (χ2v) is 15.3. The summed E-state index contributed by atoms with van der Waals surface area (Å²) in [5, 5.41) is 3.34. The molecule has 0 aromatic carbocycles. The molecule has 4 heteroatoms. The minimum absolute atomic E-state index is 0.0401. The van der Waals surface area contributed by atoms with Crippen LogP contribution in [0.25, 0.3) is 0 Å². The van der Waals surface area contributed by atoms with Crippen LogP contribution in [0.3, 0.4) is 0 Å². The van der Waals surface area contributed by atoms with Crippen molar-refractivity contribution in [2.75, 3.05) is 7.11 Å². The van der Waals surface area contributed by atoms with Crippen molar-refractivity contribution >= 4 is 11.9 Å². The van der Waals surface area contributed by atoms with Crippen molar-refractivity contribution in [3.8, 4) is 0 Å². The minimum Gasteiger partial charge on any atom is -0.453 e. The summed E-state index contributed by atoms with van der Waals surface area (Å²) in [5.74, 6) is 2.38. The van der Waals surface area contributed by atoms with E-state index in [0.717, 1.165) is 25.7 Å². The number of fused-ring (bicyclic) bond motifs is 7. The Balaban J connectivity index is 1.61. The molecule has 5 rings (SSSR count). The second-order valence-electron chi connectivity index (χ2n) is 15.3. The Morgan fingerprint density at radius 2 is 1.58 bits per heavy atom. The molecule has 0 radical (unpaired) electrons. The molecular weight excluding hydrogens is 446 g/mol. The lowest BCUT2D eigenvalue weighted by Crippen LogP contribution is -2.69. The van der Waals surface area contributed by atoms with Gasteiger partial charge >= 0.3 is 6.09 Å². The molecule has 0 aliphatic heterocycles. The molecule has 1 N–H and O–H groups in total. The van der Waals surface area contributed by atoms with E-state index in [1.807, 2.05) is 0 Å². The van der Waals surface area contributed by atoms with Crippen LogP contribution in [-0.4, -0.2) is 25.0 Å². The summed E-state index contributed by atoms with van der Waals surface area (Å²) in [6.07, 6.45) is 9.82. The number of Topliss-reactive ketones (excluding diaryl/α,β-unsaturated/α-hetero) is 1. The number of allylic oxidation sites excluding steroid dienone is 2. The zero-order valence-electron chi connectivity index (χ0n) is 24.5. The summed E-state index contributed by atoms with van der Waals surface area (Å²) in [4.78, 5) is 25.8. The highest BCUT2D eigenvalue weighted by molar-refractivity contribution is 6.00. The predicted molar refractivity (Wildman–Crippen MR) is 144 cm³/mol. The van der Waals surface area contributed by atoms with Crippen LogP contribution in [0.2, 0.25) is 0 Å². The third kappa shape index (κ3) is 3.24. The molecule has 36 heavy (non-hydrogen) atoms. The smallest absolute Gasteiger partial charge is 0.407 e. The summed E-state index contributed by atoms with van der Waals surface area (Å²) in [6, 6.07) is 0.153. The van der Waals surface area contributed by atoms with Crippen LogP contribution in [0.5, 0.6) is 0 Å². The molecule has 202 valence electrons. The van der Waals surface area contributed by atoms with Gasteiger partial charge in [0.1, 0.15) is 0 Å². The molecule has 1 unspecified atom stereocenters. The lowest BCUT2D eigenvalue weighted by molar-refractivity contribution is -0.219. The molecule has 1 amide bonds. The third-order valence-corrected chi connectivity index (χ3v) is 13.2. The van der Waals surface area contributed by atoms with Gasteiger partial charge in [0.2, 0.25) is 0 Å². The van der Waals surface area contributed by atoms with Crippen LogP contribution in [0.4, 0.5) is 4.79 Å². The van der Waals surface area contributed by atoms with Gasteiger partial charge in [0, 0.05) is 12.5 Å². The van der Waals surface area contributed by atoms with Gasteiger partial charge in [-0.3, -0.25) is 4.79 Å². The molecule has 4 saturated carbocycles. The fraction of sp³-hybridized carbons (Fsp3) is 0.875. The number of methoxy groups -OCH3 is 1. The van der Waals surface area contributed by atoms with Crippen LogP contribution in [-0.2, 0) is 9.53 Å². The van der Waals surface area contributed by atoms with Crippen molar-refractivity contribution in [3.63, 3.8) is 0 Å². The normalized spacial score (nSPS) is 47.6. The van der Waals surface area contributed by atoms with Crippen LogP contribution in [0.15, 0.2) is 11.1 Å². The monoisotopic (exact) mass is 497 g/mol. The Morgan fingerprint density at radius 1 is 0.889 bits per heavy atom. The number of carbonyl (C=O) groups is 2. The maximum atomic E-state index is 13.3. The Morgan fingerprint density at radius 3 is 2.22 bits per heavy atom. The first kappa shape index (κ1) is 26.3. The number of hydrogen-bond donors (Lipinski definition) is 1. The second kappa shape index (κ2) is 8.09. The molecule has 5 aliphatic carbocycles. The molecule has 0 spiro atoms. The summed E-state index contributed by atoms with van der Waals surface area (Å²) >= 11 is 0. The van der Waals surface area contributed by atoms with Gasteiger partial charge in [-0.15, -0.1) is 0 Å². The van der Waals surface area contributed by atoms with E-state index in [1.54, 1.807) is 5.57 Å². The van der Waals surface area contributed by atoms with Gasteiger partial charge in [-0.2, -0.15) is 0 Å². The number of amides is 1. The van der Waals surface area contributed by atoms with Crippen LogP contribution < -0.4 is 5.32 Å². The standard InChI is InChI=1S/C32H51NO3/c1-19(2)25-21(34)18-29(5)16-17-30(6)20(26(25)29)10-11-23-31(30,7)15-12-22-28(3,4)14-13-24(32(22,23)8)33-27(35)36-9/h19-20,22-24H,10-18H2,1-9H3,(H,33,35)/t20-,22+,23+,24?,29+,30-,31-,32+/m1/s1. The first-order chi connectivity index (χ1) is 16.7. The first-order valence-corrected chi connectivity index (χ1v) is 14.8. The summed E-state index contributed by atoms with van der Waals surface area (Å²) in [6.45, 7) is 19.5. The van der Waals surface area contributed by atoms with Crippen molar-refractivity contribution in [2.45, 2.75) is 119 Å². The lowest BCUT2D eigenvalue weighted by Gasteiger charge is -2.72. The number of alkyl carbamates (subject to hydrolysis) is 1. The van der Waals surface area contributed by atoms with Gasteiger partial charge in [-0.05, 0) is 108 Å². The first-order valence-electron chi connectivity index (χ1n) is 14.8. The maximum absolute atomic E-state index is 13.3. The van der Waals surface area contributed by atoms with Gasteiger partial charge in [0.15, 0.2) is 5.78 Å². The van der Waals surface area contributed by atoms with Gasteiger partial charge in [0.25, 0.3) is 0 Å². The lowest BCUT2D eigenvalue weighted by atomic mass is 9.32. The van der Waals surface area contributed by atoms with E-state index in [0.29, 0.717) is 29.5 Å². The van der Waals surface area contributed by atoms with Crippen molar-refractivity contribution in [2.24, 2.45) is 50.7 Å². The molecule has 5 aliphatic rings. The summed E-state index contributed by atoms with van der Waals surface area (Å²) in [5.41, 5.74) is 3.48. The Kier molecular flexibility index (Phi) is 5.91. The molecule has 4 fully saturated rings. The van der Waals surface area contributed by atoms with Crippen LogP contribution in [0, 0.1) is 50.7 Å². The zero-order valence-corrected chi connectivity index (χ0v) is 24.5. The Bertz CT molecular complexity index is 995. The fourth-order valence-corrected chi connectivity index (χ4v) is 11.3. The Labute approximate surface area is 219 Å². The maximum Gasteiger partial charge on any atom is 0.407 e. The third-order valence-electron chi connectivity index (χ3n) is 13.2. The van der Waals surface area contributed by atoms with Crippen molar-refractivity contribution in [1.29, 1.82) is 0 Å². The van der Waals surface area contributed by atoms with Crippen molar-refractivity contribution in [3.05, 3.63) is 11.1 Å². The number of nitrogens with one attached hydrogen (secondary N) is 1. The highest BCUT2D eigenvalue weighted by Crippen LogP contribution is 2.76. The molecular formula is C32H51NO3. The van der Waals surface area contributed by atoms with Crippen molar-refractivity contribution in [1.82, 2.24) is 5.32 Å². The van der Waals surface area contributed by atoms with Gasteiger partial charge < -0.3 is 10.1 Å². The summed E-state index contributed by atoms with van der Waals surface area (Å²) in [7, 11) is 1.49. The fourth-order valence-electron chi connectivity index (χ4n) is 11.3. The number of ether oxygens (including phenoxy) is 1. The SMILES string of the molecule is COC(=O)NC1CCC(C)(C)[C@@H]2CC[C@]3(C)[C@H](CC[C@@H]4C5=C(C(C)C)C(=O)C[C@]5(C)CC[C@]43C)[C@@]12C. The molecule has 4 nitrogen and oxygen atoms in total.